The maximum Gasteiger partial charge on any atom is 0.0548 e. The third-order valence-corrected chi connectivity index (χ3v) is 4.92. The largest absolute Gasteiger partial charge is 0.329 e. The number of nitrogens with two attached hydrogens (primary N) is 1. The molecule has 2 aliphatic rings. The van der Waals surface area contributed by atoms with E-state index in [9.17, 15) is 0 Å². The van der Waals surface area contributed by atoms with E-state index >= 15 is 0 Å². The minimum absolute atomic E-state index is 0.182. The Morgan fingerprint density at radius 1 is 1.40 bits per heavy atom. The molecule has 2 saturated heterocycles. The summed E-state index contributed by atoms with van der Waals surface area (Å²) in [5.74, 6) is 1.17. The van der Waals surface area contributed by atoms with Crippen LogP contribution in [-0.2, 0) is 0 Å². The van der Waals surface area contributed by atoms with Gasteiger partial charge in [0.15, 0.2) is 0 Å². The molecule has 2 rings (SSSR count). The van der Waals surface area contributed by atoms with Crippen LogP contribution in [0.15, 0.2) is 0 Å². The van der Waals surface area contributed by atoms with Gasteiger partial charge in [-0.3, -0.25) is 0 Å². The number of hydrogen-bond donors (Lipinski definition) is 2. The fourth-order valence-corrected chi connectivity index (χ4v) is 3.92. The van der Waals surface area contributed by atoms with Gasteiger partial charge in [-0.15, -0.1) is 0 Å². The summed E-state index contributed by atoms with van der Waals surface area (Å²) in [6, 6.07) is 0. The predicted octanol–water partition coefficient (Wildman–Crippen LogP) is 1.20. The Morgan fingerprint density at radius 3 is 2.67 bits per heavy atom. The van der Waals surface area contributed by atoms with Gasteiger partial charge in [-0.1, -0.05) is 13.3 Å². The number of hydrogen-bond acceptors (Lipinski definition) is 4. The number of nitrogens with zero attached hydrogens (tertiary/aromatic N) is 1. The summed E-state index contributed by atoms with van der Waals surface area (Å²) >= 11 is 2.05. The fourth-order valence-electron chi connectivity index (χ4n) is 2.58. The molecular weight excluding hydrogens is 206 g/mol. The third-order valence-electron chi connectivity index (χ3n) is 3.46. The molecule has 0 amide bonds. The predicted molar refractivity (Wildman–Crippen MR) is 66.9 cm³/mol. The number of thioether (sulfide) groups is 1. The van der Waals surface area contributed by atoms with E-state index in [0.29, 0.717) is 0 Å². The molecule has 2 fully saturated rings. The number of piperidine rings is 1. The summed E-state index contributed by atoms with van der Waals surface area (Å²) in [7, 11) is 0. The van der Waals surface area contributed by atoms with Crippen molar-refractivity contribution in [3.05, 3.63) is 0 Å². The molecular formula is C11H23N3S. The van der Waals surface area contributed by atoms with Crippen molar-refractivity contribution >= 4 is 11.8 Å². The van der Waals surface area contributed by atoms with Crippen LogP contribution in [0.4, 0.5) is 0 Å². The van der Waals surface area contributed by atoms with Gasteiger partial charge in [0.25, 0.3) is 0 Å². The second-order valence-corrected chi connectivity index (χ2v) is 6.40. The van der Waals surface area contributed by atoms with E-state index in [1.165, 1.54) is 44.5 Å². The van der Waals surface area contributed by atoms with Crippen molar-refractivity contribution in [1.29, 1.82) is 0 Å². The Labute approximate surface area is 97.1 Å². The van der Waals surface area contributed by atoms with Crippen LogP contribution >= 0.6 is 11.8 Å². The maximum absolute atomic E-state index is 5.95. The normalized spacial score (nSPS) is 38.4. The Hall–Kier alpha value is 0.230. The lowest BCUT2D eigenvalue weighted by molar-refractivity contribution is 0.0923. The zero-order valence-corrected chi connectivity index (χ0v) is 10.5. The number of rotatable bonds is 3. The van der Waals surface area contributed by atoms with Gasteiger partial charge in [0.2, 0.25) is 0 Å². The van der Waals surface area contributed by atoms with Crippen molar-refractivity contribution in [3.63, 3.8) is 0 Å². The highest BCUT2D eigenvalue weighted by Gasteiger charge is 2.38. The first-order valence-corrected chi connectivity index (χ1v) is 7.13. The van der Waals surface area contributed by atoms with E-state index in [1.54, 1.807) is 0 Å². The summed E-state index contributed by atoms with van der Waals surface area (Å²) in [5.41, 5.74) is 9.83. The van der Waals surface area contributed by atoms with Gasteiger partial charge < -0.3 is 5.73 Å². The maximum atomic E-state index is 5.95. The van der Waals surface area contributed by atoms with Gasteiger partial charge >= 0.3 is 0 Å². The van der Waals surface area contributed by atoms with Crippen molar-refractivity contribution in [3.8, 4) is 0 Å². The van der Waals surface area contributed by atoms with Crippen molar-refractivity contribution in [1.82, 2.24) is 10.4 Å². The van der Waals surface area contributed by atoms with Crippen molar-refractivity contribution < 1.29 is 0 Å². The van der Waals surface area contributed by atoms with Gasteiger partial charge in [-0.25, -0.2) is 10.4 Å². The SMILES string of the molecule is CC1CC(CN)(NN2CCCCC2)CS1. The van der Waals surface area contributed by atoms with Crippen LogP contribution in [0, 0.1) is 0 Å². The lowest BCUT2D eigenvalue weighted by atomic mass is 9.97. The summed E-state index contributed by atoms with van der Waals surface area (Å²) in [4.78, 5) is 0. The molecule has 0 saturated carbocycles. The van der Waals surface area contributed by atoms with Crippen LogP contribution < -0.4 is 11.2 Å². The average molecular weight is 229 g/mol. The molecule has 0 spiro atoms. The van der Waals surface area contributed by atoms with Crippen molar-refractivity contribution in [2.24, 2.45) is 5.73 Å². The van der Waals surface area contributed by atoms with E-state index < -0.39 is 0 Å². The van der Waals surface area contributed by atoms with Gasteiger partial charge in [0.05, 0.1) is 5.54 Å². The van der Waals surface area contributed by atoms with E-state index in [-0.39, 0.29) is 5.54 Å². The number of nitrogens with one attached hydrogen (secondary N) is 1. The molecule has 0 radical (unpaired) electrons. The molecule has 0 aromatic heterocycles. The molecule has 0 aliphatic carbocycles. The fraction of sp³-hybridized carbons (Fsp3) is 1.00. The summed E-state index contributed by atoms with van der Waals surface area (Å²) in [5, 5.41) is 3.15. The molecule has 0 aromatic carbocycles. The molecule has 3 N–H and O–H groups in total. The van der Waals surface area contributed by atoms with Crippen LogP contribution in [0.5, 0.6) is 0 Å². The summed E-state index contributed by atoms with van der Waals surface area (Å²) in [6.45, 7) is 5.46. The minimum atomic E-state index is 0.182. The molecule has 2 aliphatic heterocycles. The summed E-state index contributed by atoms with van der Waals surface area (Å²) in [6.07, 6.45) is 5.26. The zero-order chi connectivity index (χ0) is 10.7. The molecule has 15 heavy (non-hydrogen) atoms. The van der Waals surface area contributed by atoms with Crippen molar-refractivity contribution in [2.45, 2.75) is 43.4 Å². The summed E-state index contributed by atoms with van der Waals surface area (Å²) < 4.78 is 0. The molecule has 2 atom stereocenters. The molecule has 0 bridgehead atoms. The molecule has 2 heterocycles. The Bertz CT molecular complexity index is 206. The molecule has 4 heteroatoms. The van der Waals surface area contributed by atoms with Crippen LogP contribution in [0.3, 0.4) is 0 Å². The van der Waals surface area contributed by atoms with E-state index in [2.05, 4.69) is 17.4 Å². The Morgan fingerprint density at radius 2 is 2.13 bits per heavy atom. The first-order chi connectivity index (χ1) is 7.24. The van der Waals surface area contributed by atoms with E-state index in [4.69, 9.17) is 5.73 Å². The third kappa shape index (κ3) is 2.87. The van der Waals surface area contributed by atoms with E-state index in [1.807, 2.05) is 11.8 Å². The van der Waals surface area contributed by atoms with Crippen molar-refractivity contribution in [2.75, 3.05) is 25.4 Å². The Balaban J connectivity index is 1.89. The Kier molecular flexibility index (Phi) is 3.93. The molecule has 88 valence electrons. The first-order valence-electron chi connectivity index (χ1n) is 6.08. The van der Waals surface area contributed by atoms with Crippen LogP contribution in [-0.4, -0.2) is 41.2 Å². The highest BCUT2D eigenvalue weighted by Crippen LogP contribution is 2.34. The standard InChI is InChI=1S/C11H23N3S/c1-10-7-11(8-12,9-15-10)13-14-5-3-2-4-6-14/h10,13H,2-9,12H2,1H3. The van der Waals surface area contributed by atoms with Crippen LogP contribution in [0.25, 0.3) is 0 Å². The lowest BCUT2D eigenvalue weighted by Gasteiger charge is -2.37. The lowest BCUT2D eigenvalue weighted by Crippen LogP contribution is -2.59. The van der Waals surface area contributed by atoms with E-state index in [0.717, 1.165) is 11.8 Å². The highest BCUT2D eigenvalue weighted by atomic mass is 32.2. The minimum Gasteiger partial charge on any atom is -0.329 e. The highest BCUT2D eigenvalue weighted by molar-refractivity contribution is 8.00. The van der Waals surface area contributed by atoms with Gasteiger partial charge in [-0.2, -0.15) is 11.8 Å². The molecule has 2 unspecified atom stereocenters. The monoisotopic (exact) mass is 229 g/mol. The topological polar surface area (TPSA) is 41.3 Å². The van der Waals surface area contributed by atoms with Gasteiger partial charge in [0, 0.05) is 30.6 Å². The van der Waals surface area contributed by atoms with Gasteiger partial charge in [0.1, 0.15) is 0 Å². The molecule has 3 nitrogen and oxygen atoms in total. The second-order valence-electron chi connectivity index (χ2n) is 4.97. The van der Waals surface area contributed by atoms with Crippen LogP contribution in [0.1, 0.15) is 32.6 Å². The van der Waals surface area contributed by atoms with Gasteiger partial charge in [-0.05, 0) is 19.3 Å². The smallest absolute Gasteiger partial charge is 0.0548 e. The quantitative estimate of drug-likeness (QED) is 0.763. The van der Waals surface area contributed by atoms with Crippen LogP contribution in [0.2, 0.25) is 0 Å². The number of hydrazine groups is 1. The first kappa shape index (κ1) is 11.7. The zero-order valence-electron chi connectivity index (χ0n) is 9.67. The average Bonchev–Trinajstić information content (AvgIpc) is 2.62. The second kappa shape index (κ2) is 5.04. The molecule has 0 aromatic rings.